The largest absolute Gasteiger partial charge is 0.444 e. The van der Waals surface area contributed by atoms with Gasteiger partial charge in [-0.05, 0) is 50.1 Å². The van der Waals surface area contributed by atoms with Crippen LogP contribution in [0.25, 0.3) is 0 Å². The number of nitrogens with one attached hydrogen (secondary N) is 2. The first kappa shape index (κ1) is 26.9. The molecular formula is C27H33N5O3S2. The molecule has 10 heteroatoms. The maximum atomic E-state index is 13.1. The Kier molecular flexibility index (Phi) is 8.39. The van der Waals surface area contributed by atoms with Crippen molar-refractivity contribution in [2.75, 3.05) is 23.7 Å². The number of aromatic nitrogens is 2. The summed E-state index contributed by atoms with van der Waals surface area (Å²) in [5.74, 6) is 1.96. The van der Waals surface area contributed by atoms with Crippen molar-refractivity contribution in [2.45, 2.75) is 62.0 Å². The Hall–Kier alpha value is -3.11. The maximum absolute atomic E-state index is 13.1. The average molecular weight is 540 g/mol. The van der Waals surface area contributed by atoms with Crippen LogP contribution in [0.1, 0.15) is 61.3 Å². The fraction of sp³-hybridized carbons (Fsp3) is 0.407. The van der Waals surface area contributed by atoms with E-state index in [4.69, 9.17) is 9.40 Å². The summed E-state index contributed by atoms with van der Waals surface area (Å²) in [6.07, 6.45) is 4.92. The van der Waals surface area contributed by atoms with Crippen molar-refractivity contribution >= 4 is 45.7 Å². The molecule has 1 fully saturated rings. The van der Waals surface area contributed by atoms with Gasteiger partial charge in [-0.25, -0.2) is 9.97 Å². The van der Waals surface area contributed by atoms with E-state index in [-0.39, 0.29) is 23.3 Å². The zero-order valence-electron chi connectivity index (χ0n) is 21.7. The molecule has 1 saturated heterocycles. The molecule has 2 N–H and O–H groups in total. The molecule has 3 heterocycles. The Labute approximate surface area is 226 Å². The normalized spacial score (nSPS) is 15.9. The lowest BCUT2D eigenvalue weighted by Crippen LogP contribution is -2.45. The molecule has 8 nitrogen and oxygen atoms in total. The standard InChI is InChI=1S/C27H33N5O3S2/c1-6-22(33)30-19-11-9-18(10-12-19)24(34)32-13-7-8-20(15-32)31-26-29-17(2)25(37-26)36-16-23-28-14-21(35-23)27(3,4)5/h6,9-12,14,20H,1,7-8,13,15-16H2,2-5H3,(H,29,31)(H,30,33). The van der Waals surface area contributed by atoms with Gasteiger partial charge in [-0.2, -0.15) is 0 Å². The van der Waals surface area contributed by atoms with Gasteiger partial charge in [0.05, 0.1) is 21.9 Å². The smallest absolute Gasteiger partial charge is 0.253 e. The van der Waals surface area contributed by atoms with Gasteiger partial charge in [0, 0.05) is 35.8 Å². The third kappa shape index (κ3) is 7.01. The van der Waals surface area contributed by atoms with E-state index in [1.54, 1.807) is 47.4 Å². The molecule has 4 rings (SSSR count). The van der Waals surface area contributed by atoms with Gasteiger partial charge in [-0.15, -0.1) is 11.8 Å². The highest BCUT2D eigenvalue weighted by Gasteiger charge is 2.26. The van der Waals surface area contributed by atoms with Gasteiger partial charge >= 0.3 is 0 Å². The molecular weight excluding hydrogens is 506 g/mol. The summed E-state index contributed by atoms with van der Waals surface area (Å²) in [5.41, 5.74) is 2.15. The van der Waals surface area contributed by atoms with Crippen LogP contribution >= 0.6 is 23.1 Å². The molecule has 196 valence electrons. The van der Waals surface area contributed by atoms with Crippen LogP contribution in [-0.2, 0) is 16.0 Å². The summed E-state index contributed by atoms with van der Waals surface area (Å²) < 4.78 is 7.04. The Morgan fingerprint density at radius 2 is 2.05 bits per heavy atom. The van der Waals surface area contributed by atoms with Gasteiger partial charge in [0.1, 0.15) is 5.76 Å². The van der Waals surface area contributed by atoms with Gasteiger partial charge in [0.15, 0.2) is 5.13 Å². The molecule has 0 saturated carbocycles. The number of piperidine rings is 1. The van der Waals surface area contributed by atoms with Gasteiger partial charge in [0.25, 0.3) is 5.91 Å². The van der Waals surface area contributed by atoms with Crippen LogP contribution in [-0.4, -0.2) is 45.8 Å². The van der Waals surface area contributed by atoms with Crippen molar-refractivity contribution in [1.82, 2.24) is 14.9 Å². The first-order valence-electron chi connectivity index (χ1n) is 12.3. The second-order valence-corrected chi connectivity index (χ2v) is 12.3. The molecule has 3 aromatic rings. The van der Waals surface area contributed by atoms with Crippen molar-refractivity contribution in [3.8, 4) is 0 Å². The zero-order chi connectivity index (χ0) is 26.6. The third-order valence-electron chi connectivity index (χ3n) is 5.99. The minimum Gasteiger partial charge on any atom is -0.444 e. The van der Waals surface area contributed by atoms with Gasteiger partial charge in [-0.3, -0.25) is 9.59 Å². The van der Waals surface area contributed by atoms with Crippen molar-refractivity contribution in [2.24, 2.45) is 0 Å². The lowest BCUT2D eigenvalue weighted by Gasteiger charge is -2.33. The van der Waals surface area contributed by atoms with Gasteiger partial charge in [-0.1, -0.05) is 38.7 Å². The second kappa shape index (κ2) is 11.5. The van der Waals surface area contributed by atoms with Crippen LogP contribution in [0.3, 0.4) is 0 Å². The number of thiazole rings is 1. The summed E-state index contributed by atoms with van der Waals surface area (Å²) in [5, 5.41) is 7.10. The number of likely N-dealkylation sites (tertiary alicyclic amines) is 1. The minimum atomic E-state index is -0.282. The third-order valence-corrected chi connectivity index (χ3v) is 8.43. The number of thioether (sulfide) groups is 1. The Balaban J connectivity index is 1.32. The number of oxazole rings is 1. The highest BCUT2D eigenvalue weighted by atomic mass is 32.2. The minimum absolute atomic E-state index is 0.0137. The number of hydrogen-bond acceptors (Lipinski definition) is 8. The van der Waals surface area contributed by atoms with Crippen molar-refractivity contribution in [3.63, 3.8) is 0 Å². The number of carbonyl (C=O) groups is 2. The SMILES string of the molecule is C=CC(=O)Nc1ccc(C(=O)N2CCCC(Nc3nc(C)c(SCc4ncc(C(C)(C)C)o4)s3)C2)cc1. The average Bonchev–Trinajstić information content (AvgIpc) is 3.49. The molecule has 2 amide bonds. The fourth-order valence-corrected chi connectivity index (χ4v) is 6.02. The van der Waals surface area contributed by atoms with Crippen LogP contribution in [0.5, 0.6) is 0 Å². The number of amides is 2. The van der Waals surface area contributed by atoms with Crippen LogP contribution in [0, 0.1) is 6.92 Å². The maximum Gasteiger partial charge on any atom is 0.253 e. The lowest BCUT2D eigenvalue weighted by molar-refractivity contribution is -0.111. The quantitative estimate of drug-likeness (QED) is 0.273. The zero-order valence-corrected chi connectivity index (χ0v) is 23.3. The number of anilines is 2. The van der Waals surface area contributed by atoms with E-state index in [0.29, 0.717) is 23.5 Å². The number of carbonyl (C=O) groups excluding carboxylic acids is 2. The summed E-state index contributed by atoms with van der Waals surface area (Å²) in [6, 6.07) is 7.07. The number of hydrogen-bond donors (Lipinski definition) is 2. The molecule has 37 heavy (non-hydrogen) atoms. The van der Waals surface area contributed by atoms with Gasteiger partial charge in [0.2, 0.25) is 11.8 Å². The highest BCUT2D eigenvalue weighted by Crippen LogP contribution is 2.35. The van der Waals surface area contributed by atoms with Gasteiger partial charge < -0.3 is 20.0 Å². The predicted molar refractivity (Wildman–Crippen MR) is 149 cm³/mol. The van der Waals surface area contributed by atoms with Crippen molar-refractivity contribution < 1.29 is 14.0 Å². The van der Waals surface area contributed by atoms with E-state index in [1.807, 2.05) is 18.0 Å². The molecule has 2 aromatic heterocycles. The number of nitrogens with zero attached hydrogens (tertiary/aromatic N) is 3. The van der Waals surface area contributed by atoms with E-state index in [2.05, 4.69) is 43.0 Å². The van der Waals surface area contributed by atoms with Crippen molar-refractivity contribution in [1.29, 1.82) is 0 Å². The molecule has 1 aliphatic rings. The van der Waals surface area contributed by atoms with Crippen LogP contribution in [0.4, 0.5) is 10.8 Å². The molecule has 1 aromatic carbocycles. The van der Waals surface area contributed by atoms with Crippen LogP contribution in [0.15, 0.2) is 51.7 Å². The summed E-state index contributed by atoms with van der Waals surface area (Å²) in [7, 11) is 0. The van der Waals surface area contributed by atoms with E-state index in [0.717, 1.165) is 46.1 Å². The lowest BCUT2D eigenvalue weighted by atomic mass is 9.94. The summed E-state index contributed by atoms with van der Waals surface area (Å²) in [6.45, 7) is 13.1. The summed E-state index contributed by atoms with van der Waals surface area (Å²) >= 11 is 3.30. The van der Waals surface area contributed by atoms with E-state index < -0.39 is 0 Å². The molecule has 0 bridgehead atoms. The fourth-order valence-electron chi connectivity index (χ4n) is 3.96. The number of rotatable bonds is 8. The first-order valence-corrected chi connectivity index (χ1v) is 14.1. The molecule has 0 aliphatic carbocycles. The van der Waals surface area contributed by atoms with Crippen molar-refractivity contribution in [3.05, 3.63) is 66.0 Å². The number of aryl methyl sites for hydroxylation is 1. The Bertz CT molecular complexity index is 1260. The Morgan fingerprint density at radius 1 is 1.30 bits per heavy atom. The first-order chi connectivity index (χ1) is 17.6. The van der Waals surface area contributed by atoms with E-state index in [9.17, 15) is 9.59 Å². The molecule has 0 radical (unpaired) electrons. The molecule has 1 atom stereocenters. The van der Waals surface area contributed by atoms with E-state index in [1.165, 1.54) is 6.08 Å². The molecule has 1 aliphatic heterocycles. The monoisotopic (exact) mass is 539 g/mol. The van der Waals surface area contributed by atoms with Crippen LogP contribution in [0.2, 0.25) is 0 Å². The number of benzene rings is 1. The highest BCUT2D eigenvalue weighted by molar-refractivity contribution is 8.00. The topological polar surface area (TPSA) is 100 Å². The summed E-state index contributed by atoms with van der Waals surface area (Å²) in [4.78, 5) is 35.6. The molecule has 1 unspecified atom stereocenters. The predicted octanol–water partition coefficient (Wildman–Crippen LogP) is 5.87. The van der Waals surface area contributed by atoms with Crippen LogP contribution < -0.4 is 10.6 Å². The molecule has 0 spiro atoms. The van der Waals surface area contributed by atoms with E-state index >= 15 is 0 Å². The Morgan fingerprint density at radius 3 is 2.73 bits per heavy atom. The second-order valence-electron chi connectivity index (χ2n) is 10.1.